The molecule has 6 heteroatoms. The number of hydrogen-bond donors (Lipinski definition) is 0. The SMILES string of the molecule is Cc1ccc(-c2ccc(-c3cc(F)c(-c4ccc(-c5ccc(C)cc5)s4)c4nsnc34)s2)cc1. The third-order valence-electron chi connectivity index (χ3n) is 5.89. The quantitative estimate of drug-likeness (QED) is 0.242. The van der Waals surface area contributed by atoms with Gasteiger partial charge in [0, 0.05) is 25.1 Å². The van der Waals surface area contributed by atoms with Crippen molar-refractivity contribution in [3.8, 4) is 41.8 Å². The molecule has 2 nitrogen and oxygen atoms in total. The van der Waals surface area contributed by atoms with Crippen molar-refractivity contribution < 1.29 is 4.39 Å². The van der Waals surface area contributed by atoms with Gasteiger partial charge in [-0.2, -0.15) is 8.75 Å². The summed E-state index contributed by atoms with van der Waals surface area (Å²) in [5, 5.41) is 0. The number of aromatic nitrogens is 2. The van der Waals surface area contributed by atoms with Crippen molar-refractivity contribution in [1.82, 2.24) is 8.75 Å². The highest BCUT2D eigenvalue weighted by Gasteiger charge is 2.21. The molecule has 0 N–H and O–H groups in total. The third kappa shape index (κ3) is 3.78. The molecular formula is C28H19FN2S3. The standard InChI is InChI=1S/C28H19FN2S3/c1-16-3-7-18(8-4-16)22-11-13-24(32-22)20-15-21(29)26(28-27(20)30-34-31-28)25-14-12-23(33-25)19-9-5-17(2)6-10-19/h3-15H,1-2H3. The molecule has 3 aromatic heterocycles. The lowest BCUT2D eigenvalue weighted by Gasteiger charge is -2.06. The summed E-state index contributed by atoms with van der Waals surface area (Å²) in [6.07, 6.45) is 0. The van der Waals surface area contributed by atoms with Crippen molar-refractivity contribution in [3.63, 3.8) is 0 Å². The highest BCUT2D eigenvalue weighted by atomic mass is 32.1. The summed E-state index contributed by atoms with van der Waals surface area (Å²) in [6, 6.07) is 26.7. The van der Waals surface area contributed by atoms with E-state index in [0.717, 1.165) is 53.4 Å². The maximum Gasteiger partial charge on any atom is 0.134 e. The number of nitrogens with zero attached hydrogens (tertiary/aromatic N) is 2. The first kappa shape index (κ1) is 21.4. The Morgan fingerprint density at radius 1 is 0.588 bits per heavy atom. The zero-order valence-corrected chi connectivity index (χ0v) is 21.0. The number of fused-ring (bicyclic) bond motifs is 1. The van der Waals surface area contributed by atoms with Gasteiger partial charge in [-0.05, 0) is 55.3 Å². The maximum atomic E-state index is 15.6. The first-order chi connectivity index (χ1) is 16.6. The van der Waals surface area contributed by atoms with E-state index in [2.05, 4.69) is 83.3 Å². The lowest BCUT2D eigenvalue weighted by atomic mass is 10.0. The number of halogens is 1. The molecule has 166 valence electrons. The Morgan fingerprint density at radius 2 is 1.09 bits per heavy atom. The van der Waals surface area contributed by atoms with E-state index in [1.165, 1.54) is 11.1 Å². The van der Waals surface area contributed by atoms with E-state index in [1.807, 2.05) is 12.1 Å². The lowest BCUT2D eigenvalue weighted by molar-refractivity contribution is 0.633. The van der Waals surface area contributed by atoms with Gasteiger partial charge < -0.3 is 0 Å². The second-order valence-corrected chi connectivity index (χ2v) is 11.0. The molecule has 0 bridgehead atoms. The fourth-order valence-electron chi connectivity index (χ4n) is 4.03. The summed E-state index contributed by atoms with van der Waals surface area (Å²) in [4.78, 5) is 4.11. The van der Waals surface area contributed by atoms with Gasteiger partial charge in [0.2, 0.25) is 0 Å². The molecule has 3 aromatic carbocycles. The number of thiophene rings is 2. The van der Waals surface area contributed by atoms with Crippen LogP contribution in [-0.4, -0.2) is 8.75 Å². The van der Waals surface area contributed by atoms with Crippen LogP contribution in [0.2, 0.25) is 0 Å². The molecule has 0 fully saturated rings. The second-order valence-electron chi connectivity index (χ2n) is 8.30. The van der Waals surface area contributed by atoms with E-state index in [4.69, 9.17) is 0 Å². The van der Waals surface area contributed by atoms with E-state index < -0.39 is 0 Å². The van der Waals surface area contributed by atoms with Crippen molar-refractivity contribution in [1.29, 1.82) is 0 Å². The first-order valence-corrected chi connectivity index (χ1v) is 13.2. The molecule has 0 atom stereocenters. The van der Waals surface area contributed by atoms with Crippen molar-refractivity contribution >= 4 is 45.4 Å². The van der Waals surface area contributed by atoms with Gasteiger partial charge in [0.15, 0.2) is 0 Å². The number of hydrogen-bond acceptors (Lipinski definition) is 5. The molecule has 34 heavy (non-hydrogen) atoms. The van der Waals surface area contributed by atoms with Crippen LogP contribution in [-0.2, 0) is 0 Å². The van der Waals surface area contributed by atoms with E-state index in [1.54, 1.807) is 28.7 Å². The molecule has 0 aliphatic rings. The van der Waals surface area contributed by atoms with Crippen molar-refractivity contribution in [3.05, 3.63) is 95.8 Å². The summed E-state index contributed by atoms with van der Waals surface area (Å²) in [5.74, 6) is -0.266. The van der Waals surface area contributed by atoms with Gasteiger partial charge in [-0.1, -0.05) is 59.7 Å². The van der Waals surface area contributed by atoms with Gasteiger partial charge in [0.25, 0.3) is 0 Å². The van der Waals surface area contributed by atoms with Crippen molar-refractivity contribution in [2.45, 2.75) is 13.8 Å². The van der Waals surface area contributed by atoms with Gasteiger partial charge in [0.1, 0.15) is 16.9 Å². The Hall–Kier alpha value is -3.19. The highest BCUT2D eigenvalue weighted by molar-refractivity contribution is 7.19. The van der Waals surface area contributed by atoms with Crippen LogP contribution in [0.15, 0.2) is 78.9 Å². The van der Waals surface area contributed by atoms with Gasteiger partial charge in [-0.15, -0.1) is 22.7 Å². The number of benzene rings is 3. The zero-order valence-electron chi connectivity index (χ0n) is 18.5. The molecule has 0 spiro atoms. The van der Waals surface area contributed by atoms with Crippen LogP contribution in [0.3, 0.4) is 0 Å². The molecule has 3 heterocycles. The fraction of sp³-hybridized carbons (Fsp3) is 0.0714. The summed E-state index contributed by atoms with van der Waals surface area (Å²) >= 11 is 4.36. The van der Waals surface area contributed by atoms with Crippen LogP contribution in [0.5, 0.6) is 0 Å². The number of rotatable bonds is 4. The summed E-state index contributed by atoms with van der Waals surface area (Å²) < 4.78 is 24.7. The lowest BCUT2D eigenvalue weighted by Crippen LogP contribution is -1.88. The van der Waals surface area contributed by atoms with Crippen LogP contribution in [0, 0.1) is 19.7 Å². The van der Waals surface area contributed by atoms with E-state index in [0.29, 0.717) is 11.1 Å². The minimum Gasteiger partial charge on any atom is -0.206 e. The first-order valence-electron chi connectivity index (χ1n) is 10.9. The predicted molar refractivity (Wildman–Crippen MR) is 144 cm³/mol. The Labute approximate surface area is 209 Å². The third-order valence-corrected chi connectivity index (χ3v) is 8.73. The molecule has 0 aliphatic carbocycles. The smallest absolute Gasteiger partial charge is 0.134 e. The number of aryl methyl sites for hydroxylation is 2. The van der Waals surface area contributed by atoms with Crippen molar-refractivity contribution in [2.24, 2.45) is 0 Å². The Morgan fingerprint density at radius 3 is 1.71 bits per heavy atom. The van der Waals surface area contributed by atoms with Gasteiger partial charge in [-0.3, -0.25) is 0 Å². The second kappa shape index (κ2) is 8.55. The van der Waals surface area contributed by atoms with Crippen LogP contribution in [0.25, 0.3) is 52.8 Å². The normalized spacial score (nSPS) is 11.4. The predicted octanol–water partition coefficient (Wildman–Crippen LogP) is 9.24. The minimum atomic E-state index is -0.266. The molecule has 6 aromatic rings. The summed E-state index contributed by atoms with van der Waals surface area (Å²) in [5.41, 5.74) is 7.45. The molecule has 0 radical (unpaired) electrons. The average Bonchev–Trinajstić information content (AvgIpc) is 3.61. The van der Waals surface area contributed by atoms with Crippen molar-refractivity contribution in [2.75, 3.05) is 0 Å². The van der Waals surface area contributed by atoms with E-state index >= 15 is 4.39 Å². The summed E-state index contributed by atoms with van der Waals surface area (Å²) in [7, 11) is 0. The molecule has 6 rings (SSSR count). The Kier molecular flexibility index (Phi) is 5.37. The highest BCUT2D eigenvalue weighted by Crippen LogP contribution is 2.43. The van der Waals surface area contributed by atoms with Crippen LogP contribution < -0.4 is 0 Å². The average molecular weight is 499 g/mol. The van der Waals surface area contributed by atoms with Crippen LogP contribution >= 0.6 is 34.4 Å². The Balaban J connectivity index is 1.42. The molecule has 0 amide bonds. The van der Waals surface area contributed by atoms with Crippen LogP contribution in [0.1, 0.15) is 11.1 Å². The molecule has 0 unspecified atom stereocenters. The van der Waals surface area contributed by atoms with E-state index in [9.17, 15) is 0 Å². The maximum absolute atomic E-state index is 15.6. The van der Waals surface area contributed by atoms with Gasteiger partial charge in [-0.25, -0.2) is 4.39 Å². The molecular weight excluding hydrogens is 480 g/mol. The van der Waals surface area contributed by atoms with E-state index in [-0.39, 0.29) is 5.82 Å². The monoisotopic (exact) mass is 498 g/mol. The topological polar surface area (TPSA) is 25.8 Å². The van der Waals surface area contributed by atoms with Gasteiger partial charge in [0.05, 0.1) is 17.3 Å². The summed E-state index contributed by atoms with van der Waals surface area (Å²) in [6.45, 7) is 4.15. The molecule has 0 saturated heterocycles. The van der Waals surface area contributed by atoms with Crippen LogP contribution in [0.4, 0.5) is 4.39 Å². The zero-order chi connectivity index (χ0) is 23.2. The fourth-order valence-corrected chi connectivity index (χ4v) is 6.69. The largest absolute Gasteiger partial charge is 0.206 e. The minimum absolute atomic E-state index is 0.266. The van der Waals surface area contributed by atoms with Gasteiger partial charge >= 0.3 is 0 Å². The molecule has 0 saturated carbocycles. The Bertz CT molecular complexity index is 1620. The molecule has 0 aliphatic heterocycles.